The fraction of sp³-hybridized carbons (Fsp3) is 0.167. The maximum atomic E-state index is 10.8. The molecular weight excluding hydrogens is 238 g/mol. The van der Waals surface area contributed by atoms with Crippen LogP contribution < -0.4 is 4.74 Å². The molecule has 0 aliphatic heterocycles. The molecule has 2 rings (SSSR count). The Morgan fingerprint density at radius 3 is 3.00 bits per heavy atom. The van der Waals surface area contributed by atoms with Gasteiger partial charge >= 0.3 is 5.97 Å². The summed E-state index contributed by atoms with van der Waals surface area (Å²) in [5, 5.41) is 11.5. The van der Waals surface area contributed by atoms with E-state index < -0.39 is 0 Å². The van der Waals surface area contributed by atoms with Crippen LogP contribution in [0, 0.1) is 0 Å². The smallest absolute Gasteiger partial charge is 0.308 e. The third kappa shape index (κ3) is 2.89. The number of carbonyl (C=O) groups is 1. The molecule has 5 heteroatoms. The molecule has 1 heterocycles. The first kappa shape index (κ1) is 11.8. The number of nitrogens with zero attached hydrogens (tertiary/aromatic N) is 1. The minimum atomic E-state index is -0.350. The maximum absolute atomic E-state index is 10.8. The number of carbonyl (C=O) groups excluding carboxylic acids is 1. The van der Waals surface area contributed by atoms with Crippen molar-refractivity contribution in [3.8, 4) is 16.3 Å². The summed E-state index contributed by atoms with van der Waals surface area (Å²) in [4.78, 5) is 15.1. The summed E-state index contributed by atoms with van der Waals surface area (Å²) < 4.78 is 5.00. The van der Waals surface area contributed by atoms with E-state index in [4.69, 9.17) is 9.84 Å². The van der Waals surface area contributed by atoms with Gasteiger partial charge in [-0.2, -0.15) is 0 Å². The zero-order valence-corrected chi connectivity index (χ0v) is 10.0. The largest absolute Gasteiger partial charge is 0.427 e. The quantitative estimate of drug-likeness (QED) is 0.669. The highest BCUT2D eigenvalue weighted by atomic mass is 32.1. The van der Waals surface area contributed by atoms with Crippen LogP contribution in [-0.2, 0) is 11.4 Å². The summed E-state index contributed by atoms with van der Waals surface area (Å²) in [5.41, 5.74) is 1.51. The van der Waals surface area contributed by atoms with E-state index in [2.05, 4.69) is 4.98 Å². The van der Waals surface area contributed by atoms with Crippen molar-refractivity contribution in [1.82, 2.24) is 4.98 Å². The van der Waals surface area contributed by atoms with Gasteiger partial charge in [-0.15, -0.1) is 11.3 Å². The molecule has 0 fully saturated rings. The average Bonchev–Trinajstić information content (AvgIpc) is 2.77. The lowest BCUT2D eigenvalue weighted by Crippen LogP contribution is -2.01. The Labute approximate surface area is 103 Å². The standard InChI is InChI=1S/C12H11NO3S/c1-8(15)16-11-4-2-3-9(5-11)12-13-10(6-14)7-17-12/h2-5,7,14H,6H2,1H3. The van der Waals surface area contributed by atoms with Gasteiger partial charge in [-0.25, -0.2) is 4.98 Å². The van der Waals surface area contributed by atoms with E-state index in [1.165, 1.54) is 18.3 Å². The second-order valence-electron chi connectivity index (χ2n) is 3.42. The molecule has 0 spiro atoms. The van der Waals surface area contributed by atoms with Crippen molar-refractivity contribution in [3.05, 3.63) is 35.3 Å². The van der Waals surface area contributed by atoms with Crippen LogP contribution in [0.1, 0.15) is 12.6 Å². The van der Waals surface area contributed by atoms with E-state index in [1.54, 1.807) is 23.6 Å². The van der Waals surface area contributed by atoms with Gasteiger partial charge < -0.3 is 9.84 Å². The fourth-order valence-electron chi connectivity index (χ4n) is 1.37. The topological polar surface area (TPSA) is 59.4 Å². The summed E-state index contributed by atoms with van der Waals surface area (Å²) in [6.45, 7) is 1.29. The molecule has 0 bridgehead atoms. The molecule has 0 radical (unpaired) electrons. The molecule has 0 atom stereocenters. The molecule has 1 aromatic heterocycles. The van der Waals surface area contributed by atoms with Gasteiger partial charge in [0.05, 0.1) is 12.3 Å². The van der Waals surface area contributed by atoms with Gasteiger partial charge in [0.15, 0.2) is 0 Å². The van der Waals surface area contributed by atoms with Gasteiger partial charge in [0, 0.05) is 17.9 Å². The van der Waals surface area contributed by atoms with Crippen LogP contribution in [0.15, 0.2) is 29.6 Å². The monoisotopic (exact) mass is 249 g/mol. The van der Waals surface area contributed by atoms with Crippen LogP contribution in [0.2, 0.25) is 0 Å². The third-order valence-corrected chi connectivity index (χ3v) is 3.00. The second kappa shape index (κ2) is 5.07. The number of thiazole rings is 1. The number of aromatic nitrogens is 1. The highest BCUT2D eigenvalue weighted by Gasteiger charge is 2.06. The van der Waals surface area contributed by atoms with Crippen LogP contribution in [0.3, 0.4) is 0 Å². The molecule has 0 saturated carbocycles. The maximum Gasteiger partial charge on any atom is 0.308 e. The number of esters is 1. The Balaban J connectivity index is 2.29. The number of hydrogen-bond acceptors (Lipinski definition) is 5. The van der Waals surface area contributed by atoms with E-state index in [9.17, 15) is 4.79 Å². The number of ether oxygens (including phenoxy) is 1. The van der Waals surface area contributed by atoms with Crippen LogP contribution in [-0.4, -0.2) is 16.1 Å². The molecule has 0 amide bonds. The van der Waals surface area contributed by atoms with Crippen LogP contribution in [0.25, 0.3) is 10.6 Å². The predicted octanol–water partition coefficient (Wildman–Crippen LogP) is 2.23. The van der Waals surface area contributed by atoms with Crippen molar-refractivity contribution in [2.45, 2.75) is 13.5 Å². The van der Waals surface area contributed by atoms with Gasteiger partial charge in [-0.3, -0.25) is 4.79 Å². The highest BCUT2D eigenvalue weighted by Crippen LogP contribution is 2.26. The van der Waals surface area contributed by atoms with E-state index in [1.807, 2.05) is 6.07 Å². The normalized spacial score (nSPS) is 10.2. The zero-order valence-electron chi connectivity index (χ0n) is 9.21. The molecule has 2 aromatic rings. The first-order valence-corrected chi connectivity index (χ1v) is 5.91. The lowest BCUT2D eigenvalue weighted by Gasteiger charge is -2.02. The summed E-state index contributed by atoms with van der Waals surface area (Å²) in [7, 11) is 0. The van der Waals surface area contributed by atoms with E-state index in [0.717, 1.165) is 10.6 Å². The number of hydrogen-bond donors (Lipinski definition) is 1. The van der Waals surface area contributed by atoms with Crippen molar-refractivity contribution in [2.75, 3.05) is 0 Å². The Morgan fingerprint density at radius 2 is 2.35 bits per heavy atom. The number of aliphatic hydroxyl groups excluding tert-OH is 1. The van der Waals surface area contributed by atoms with Crippen molar-refractivity contribution in [1.29, 1.82) is 0 Å². The summed E-state index contributed by atoms with van der Waals surface area (Å²) in [6.07, 6.45) is 0. The van der Waals surface area contributed by atoms with Gasteiger partial charge in [0.2, 0.25) is 0 Å². The molecule has 88 valence electrons. The Hall–Kier alpha value is -1.72. The summed E-state index contributed by atoms with van der Waals surface area (Å²) in [6, 6.07) is 7.15. The van der Waals surface area contributed by atoms with Crippen molar-refractivity contribution in [2.24, 2.45) is 0 Å². The highest BCUT2D eigenvalue weighted by molar-refractivity contribution is 7.13. The molecule has 0 saturated heterocycles. The molecule has 0 aliphatic rings. The minimum absolute atomic E-state index is 0.0693. The third-order valence-electron chi connectivity index (χ3n) is 2.06. The van der Waals surface area contributed by atoms with E-state index in [0.29, 0.717) is 11.4 Å². The Bertz CT molecular complexity index is 536. The number of rotatable bonds is 3. The van der Waals surface area contributed by atoms with Crippen molar-refractivity contribution < 1.29 is 14.6 Å². The van der Waals surface area contributed by atoms with E-state index >= 15 is 0 Å². The molecule has 17 heavy (non-hydrogen) atoms. The predicted molar refractivity (Wildman–Crippen MR) is 64.8 cm³/mol. The fourth-order valence-corrected chi connectivity index (χ4v) is 2.18. The van der Waals surface area contributed by atoms with Crippen molar-refractivity contribution in [3.63, 3.8) is 0 Å². The minimum Gasteiger partial charge on any atom is -0.427 e. The molecule has 4 nitrogen and oxygen atoms in total. The van der Waals surface area contributed by atoms with E-state index in [-0.39, 0.29) is 12.6 Å². The van der Waals surface area contributed by atoms with Crippen LogP contribution in [0.4, 0.5) is 0 Å². The van der Waals surface area contributed by atoms with Gasteiger partial charge in [-0.05, 0) is 12.1 Å². The van der Waals surface area contributed by atoms with Crippen LogP contribution in [0.5, 0.6) is 5.75 Å². The molecule has 0 aliphatic carbocycles. The Kier molecular flexibility index (Phi) is 3.51. The molecular formula is C12H11NO3S. The van der Waals surface area contributed by atoms with Crippen LogP contribution >= 0.6 is 11.3 Å². The zero-order chi connectivity index (χ0) is 12.3. The lowest BCUT2D eigenvalue weighted by molar-refractivity contribution is -0.131. The molecule has 0 unspecified atom stereocenters. The molecule has 1 aromatic carbocycles. The van der Waals surface area contributed by atoms with Gasteiger partial charge in [0.1, 0.15) is 10.8 Å². The first-order valence-electron chi connectivity index (χ1n) is 5.03. The lowest BCUT2D eigenvalue weighted by atomic mass is 10.2. The Morgan fingerprint density at radius 1 is 1.53 bits per heavy atom. The van der Waals surface area contributed by atoms with Gasteiger partial charge in [-0.1, -0.05) is 12.1 Å². The number of aliphatic hydroxyl groups is 1. The number of benzene rings is 1. The van der Waals surface area contributed by atoms with Gasteiger partial charge in [0.25, 0.3) is 0 Å². The SMILES string of the molecule is CC(=O)Oc1cccc(-c2nc(CO)cs2)c1. The summed E-state index contributed by atoms with van der Waals surface area (Å²) in [5.74, 6) is 0.146. The average molecular weight is 249 g/mol. The second-order valence-corrected chi connectivity index (χ2v) is 4.28. The first-order chi connectivity index (χ1) is 8.19. The molecule has 1 N–H and O–H groups in total. The summed E-state index contributed by atoms with van der Waals surface area (Å²) >= 11 is 1.44. The van der Waals surface area contributed by atoms with Crippen molar-refractivity contribution >= 4 is 17.3 Å².